The number of hydrogen-bond acceptors (Lipinski definition) is 4. The lowest BCUT2D eigenvalue weighted by Gasteiger charge is -2.38. The van der Waals surface area contributed by atoms with Gasteiger partial charge < -0.3 is 16.4 Å². The van der Waals surface area contributed by atoms with Crippen molar-refractivity contribution < 1.29 is 14.4 Å². The average molecular weight is 423 g/mol. The molecule has 4 N–H and O–H groups in total. The van der Waals surface area contributed by atoms with Gasteiger partial charge in [-0.3, -0.25) is 19.3 Å². The summed E-state index contributed by atoms with van der Waals surface area (Å²) in [6, 6.07) is 13.2. The average Bonchev–Trinajstić information content (AvgIpc) is 2.76. The van der Waals surface area contributed by atoms with E-state index in [1.54, 1.807) is 42.5 Å². The van der Waals surface area contributed by atoms with Gasteiger partial charge in [0.1, 0.15) is 6.04 Å². The first kappa shape index (κ1) is 22.5. The second kappa shape index (κ2) is 8.89. The molecule has 0 saturated carbocycles. The summed E-state index contributed by atoms with van der Waals surface area (Å²) in [5.74, 6) is -0.876. The fourth-order valence-electron chi connectivity index (χ4n) is 3.51. The van der Waals surface area contributed by atoms with Crippen molar-refractivity contribution in [3.05, 3.63) is 59.7 Å². The minimum atomic E-state index is -0.648. The van der Waals surface area contributed by atoms with E-state index in [1.165, 1.54) is 4.90 Å². The van der Waals surface area contributed by atoms with E-state index in [9.17, 15) is 14.4 Å². The van der Waals surface area contributed by atoms with Gasteiger partial charge in [-0.2, -0.15) is 0 Å². The molecule has 0 radical (unpaired) electrons. The Morgan fingerprint density at radius 3 is 2.42 bits per heavy atom. The third-order valence-electron chi connectivity index (χ3n) is 5.47. The highest BCUT2D eigenvalue weighted by Crippen LogP contribution is 2.36. The number of hydrogen-bond donors (Lipinski definition) is 3. The van der Waals surface area contributed by atoms with Crippen molar-refractivity contribution in [1.29, 1.82) is 0 Å². The number of rotatable bonds is 6. The zero-order valence-corrected chi connectivity index (χ0v) is 18.4. The number of carbonyl (C=O) groups is 3. The molecule has 3 rings (SSSR count). The molecule has 0 bridgehead atoms. The van der Waals surface area contributed by atoms with Crippen LogP contribution in [0, 0.1) is 11.3 Å². The first-order valence-corrected chi connectivity index (χ1v) is 10.5. The zero-order valence-electron chi connectivity index (χ0n) is 18.4. The smallest absolute Gasteiger partial charge is 0.259 e. The molecule has 0 aromatic heterocycles. The molecular weight excluding hydrogens is 392 g/mol. The van der Waals surface area contributed by atoms with Gasteiger partial charge in [0.15, 0.2) is 0 Å². The summed E-state index contributed by atoms with van der Waals surface area (Å²) in [7, 11) is 0. The van der Waals surface area contributed by atoms with Crippen LogP contribution in [0.3, 0.4) is 0 Å². The van der Waals surface area contributed by atoms with Crippen LogP contribution in [-0.4, -0.2) is 36.9 Å². The van der Waals surface area contributed by atoms with E-state index < -0.39 is 6.04 Å². The number of fused-ring (bicyclic) bond motifs is 1. The fourth-order valence-corrected chi connectivity index (χ4v) is 3.51. The summed E-state index contributed by atoms with van der Waals surface area (Å²) in [6.07, 6.45) is 0. The standard InChI is InChI=1S/C24H30N4O3/c1-15(2)20-22(30)27-18-12-17(21(29)26-14-24(3,4)13-25)10-11-19(18)28(20)23(31)16-8-6-5-7-9-16/h5-12,15,20H,13-14,25H2,1-4H3,(H,26,29)(H,27,30). The summed E-state index contributed by atoms with van der Waals surface area (Å²) in [6.45, 7) is 8.63. The molecule has 164 valence electrons. The first-order valence-electron chi connectivity index (χ1n) is 10.5. The maximum absolute atomic E-state index is 13.3. The number of nitrogens with one attached hydrogen (secondary N) is 2. The van der Waals surface area contributed by atoms with E-state index >= 15 is 0 Å². The van der Waals surface area contributed by atoms with E-state index in [0.717, 1.165) is 0 Å². The number of benzene rings is 2. The molecule has 0 fully saturated rings. The lowest BCUT2D eigenvalue weighted by molar-refractivity contribution is -0.118. The van der Waals surface area contributed by atoms with Crippen LogP contribution < -0.4 is 21.3 Å². The zero-order chi connectivity index (χ0) is 22.8. The normalized spacial score (nSPS) is 16.0. The molecule has 1 aliphatic heterocycles. The number of carbonyl (C=O) groups excluding carboxylic acids is 3. The molecule has 0 spiro atoms. The van der Waals surface area contributed by atoms with Gasteiger partial charge in [-0.05, 0) is 48.2 Å². The molecule has 3 amide bonds. The van der Waals surface area contributed by atoms with Crippen molar-refractivity contribution in [2.75, 3.05) is 23.3 Å². The molecule has 31 heavy (non-hydrogen) atoms. The molecule has 2 aromatic carbocycles. The highest BCUT2D eigenvalue weighted by molar-refractivity contribution is 6.17. The van der Waals surface area contributed by atoms with Gasteiger partial charge in [0.25, 0.3) is 11.8 Å². The van der Waals surface area contributed by atoms with E-state index in [4.69, 9.17) is 5.73 Å². The molecule has 0 saturated heterocycles. The molecule has 0 aliphatic carbocycles. The minimum Gasteiger partial charge on any atom is -0.351 e. The Hall–Kier alpha value is -3.19. The third kappa shape index (κ3) is 4.77. The Kier molecular flexibility index (Phi) is 6.45. The quantitative estimate of drug-likeness (QED) is 0.665. The number of anilines is 2. The van der Waals surface area contributed by atoms with Crippen LogP contribution in [-0.2, 0) is 4.79 Å². The van der Waals surface area contributed by atoms with Gasteiger partial charge in [-0.25, -0.2) is 0 Å². The SMILES string of the molecule is CC(C)C1C(=O)Nc2cc(C(=O)NCC(C)(C)CN)ccc2N1C(=O)c1ccccc1. The molecule has 1 heterocycles. The van der Waals surface area contributed by atoms with Gasteiger partial charge in [0.05, 0.1) is 11.4 Å². The number of amides is 3. The maximum atomic E-state index is 13.3. The summed E-state index contributed by atoms with van der Waals surface area (Å²) in [5.41, 5.74) is 7.43. The van der Waals surface area contributed by atoms with Crippen LogP contribution in [0.2, 0.25) is 0 Å². The second-order valence-electron chi connectivity index (χ2n) is 9.00. The second-order valence-corrected chi connectivity index (χ2v) is 9.00. The van der Waals surface area contributed by atoms with Crippen molar-refractivity contribution in [2.24, 2.45) is 17.1 Å². The van der Waals surface area contributed by atoms with E-state index in [-0.39, 0.29) is 29.1 Å². The molecule has 1 unspecified atom stereocenters. The van der Waals surface area contributed by atoms with Crippen LogP contribution in [0.25, 0.3) is 0 Å². The lowest BCUT2D eigenvalue weighted by Crippen LogP contribution is -2.53. The Labute approximate surface area is 183 Å². The molecule has 1 atom stereocenters. The van der Waals surface area contributed by atoms with Crippen molar-refractivity contribution in [1.82, 2.24) is 5.32 Å². The Bertz CT molecular complexity index is 986. The Morgan fingerprint density at radius 1 is 1.13 bits per heavy atom. The predicted molar refractivity (Wildman–Crippen MR) is 122 cm³/mol. The van der Waals surface area contributed by atoms with Crippen molar-refractivity contribution >= 4 is 29.1 Å². The molecule has 7 nitrogen and oxygen atoms in total. The predicted octanol–water partition coefficient (Wildman–Crippen LogP) is 3.02. The van der Waals surface area contributed by atoms with Crippen LogP contribution in [0.15, 0.2) is 48.5 Å². The summed E-state index contributed by atoms with van der Waals surface area (Å²) < 4.78 is 0. The van der Waals surface area contributed by atoms with Crippen LogP contribution in [0.1, 0.15) is 48.4 Å². The van der Waals surface area contributed by atoms with Gasteiger partial charge in [-0.1, -0.05) is 45.9 Å². The summed E-state index contributed by atoms with van der Waals surface area (Å²) in [4.78, 5) is 40.4. The fraction of sp³-hybridized carbons (Fsp3) is 0.375. The maximum Gasteiger partial charge on any atom is 0.259 e. The lowest BCUT2D eigenvalue weighted by atomic mass is 9.93. The van der Waals surface area contributed by atoms with Crippen molar-refractivity contribution in [3.8, 4) is 0 Å². The number of nitrogens with two attached hydrogens (primary N) is 1. The van der Waals surface area contributed by atoms with Gasteiger partial charge in [-0.15, -0.1) is 0 Å². The molecule has 7 heteroatoms. The van der Waals surface area contributed by atoms with Crippen molar-refractivity contribution in [2.45, 2.75) is 33.7 Å². The highest BCUT2D eigenvalue weighted by Gasteiger charge is 2.39. The van der Waals surface area contributed by atoms with E-state index in [0.29, 0.717) is 35.6 Å². The highest BCUT2D eigenvalue weighted by atomic mass is 16.2. The largest absolute Gasteiger partial charge is 0.351 e. The van der Waals surface area contributed by atoms with Crippen LogP contribution in [0.4, 0.5) is 11.4 Å². The first-order chi connectivity index (χ1) is 14.6. The molecule has 1 aliphatic rings. The number of nitrogens with zero attached hydrogens (tertiary/aromatic N) is 1. The molecular formula is C24H30N4O3. The third-order valence-corrected chi connectivity index (χ3v) is 5.47. The van der Waals surface area contributed by atoms with Crippen LogP contribution in [0.5, 0.6) is 0 Å². The minimum absolute atomic E-state index is 0.0951. The Balaban J connectivity index is 1.96. The van der Waals surface area contributed by atoms with E-state index in [1.807, 2.05) is 33.8 Å². The molecule has 2 aromatic rings. The topological polar surface area (TPSA) is 105 Å². The van der Waals surface area contributed by atoms with Crippen molar-refractivity contribution in [3.63, 3.8) is 0 Å². The monoisotopic (exact) mass is 422 g/mol. The van der Waals surface area contributed by atoms with Crippen LogP contribution >= 0.6 is 0 Å². The summed E-state index contributed by atoms with van der Waals surface area (Å²) in [5, 5.41) is 5.76. The Morgan fingerprint density at radius 2 is 1.81 bits per heavy atom. The van der Waals surface area contributed by atoms with Gasteiger partial charge in [0.2, 0.25) is 5.91 Å². The summed E-state index contributed by atoms with van der Waals surface area (Å²) >= 11 is 0. The van der Waals surface area contributed by atoms with E-state index in [2.05, 4.69) is 10.6 Å². The van der Waals surface area contributed by atoms with Gasteiger partial charge >= 0.3 is 0 Å². The van der Waals surface area contributed by atoms with Gasteiger partial charge in [0, 0.05) is 17.7 Å².